The number of ether oxygens (including phenoxy) is 2. The average molecular weight is 264 g/mol. The van der Waals surface area contributed by atoms with Crippen molar-refractivity contribution in [3.8, 4) is 11.5 Å². The van der Waals surface area contributed by atoms with E-state index >= 15 is 0 Å². The van der Waals surface area contributed by atoms with Gasteiger partial charge in [0, 0.05) is 37.0 Å². The number of nitrogens with zero attached hydrogens (tertiary/aromatic N) is 1. The van der Waals surface area contributed by atoms with Gasteiger partial charge in [-0.2, -0.15) is 0 Å². The molecule has 1 aliphatic carbocycles. The van der Waals surface area contributed by atoms with Crippen molar-refractivity contribution in [2.45, 2.75) is 18.9 Å². The number of nitrogens with one attached hydrogen (secondary N) is 1. The highest BCUT2D eigenvalue weighted by Crippen LogP contribution is 2.27. The molecule has 0 unspecified atom stereocenters. The second-order valence-electron chi connectivity index (χ2n) is 4.69. The number of carbonyl (C=O) groups excluding carboxylic acids is 1. The van der Waals surface area contributed by atoms with Crippen LogP contribution < -0.4 is 14.8 Å². The topological polar surface area (TPSA) is 50.8 Å². The molecular formula is C14H20N2O3. The van der Waals surface area contributed by atoms with Gasteiger partial charge in [-0.1, -0.05) is 0 Å². The molecule has 0 bridgehead atoms. The molecule has 0 aliphatic heterocycles. The predicted octanol–water partition coefficient (Wildman–Crippen LogP) is 1.74. The number of hydrogen-bond acceptors (Lipinski definition) is 4. The van der Waals surface area contributed by atoms with Crippen LogP contribution in [0.4, 0.5) is 5.69 Å². The highest BCUT2D eigenvalue weighted by atomic mass is 16.5. The highest BCUT2D eigenvalue weighted by molar-refractivity contribution is 5.81. The van der Waals surface area contributed by atoms with E-state index in [9.17, 15) is 4.79 Å². The summed E-state index contributed by atoms with van der Waals surface area (Å²) in [5, 5.41) is 3.11. The first-order valence-corrected chi connectivity index (χ1v) is 6.36. The fourth-order valence-electron chi connectivity index (χ4n) is 1.88. The molecule has 0 atom stereocenters. The third kappa shape index (κ3) is 3.53. The number of benzene rings is 1. The van der Waals surface area contributed by atoms with Gasteiger partial charge in [-0.15, -0.1) is 0 Å². The molecule has 5 heteroatoms. The lowest BCUT2D eigenvalue weighted by Crippen LogP contribution is -2.33. The summed E-state index contributed by atoms with van der Waals surface area (Å²) < 4.78 is 10.4. The zero-order valence-corrected chi connectivity index (χ0v) is 11.6. The monoisotopic (exact) mass is 264 g/mol. The van der Waals surface area contributed by atoms with E-state index in [1.165, 1.54) is 0 Å². The Morgan fingerprint density at radius 3 is 2.32 bits per heavy atom. The number of carbonyl (C=O) groups is 1. The third-order valence-electron chi connectivity index (χ3n) is 3.28. The molecule has 1 aromatic rings. The molecule has 2 rings (SSSR count). The number of rotatable bonds is 6. The van der Waals surface area contributed by atoms with Gasteiger partial charge >= 0.3 is 0 Å². The van der Waals surface area contributed by atoms with Crippen LogP contribution in [0.25, 0.3) is 0 Å². The lowest BCUT2D eigenvalue weighted by Gasteiger charge is -2.17. The van der Waals surface area contributed by atoms with E-state index in [0.29, 0.717) is 17.5 Å². The fraction of sp³-hybridized carbons (Fsp3) is 0.500. The Kier molecular flexibility index (Phi) is 4.14. The van der Waals surface area contributed by atoms with Crippen LogP contribution in [-0.2, 0) is 4.79 Å². The Bertz CT molecular complexity index is 436. The number of likely N-dealkylation sites (N-methyl/N-ethyl adjacent to an activating group) is 1. The molecule has 1 aromatic carbocycles. The first-order valence-electron chi connectivity index (χ1n) is 6.36. The predicted molar refractivity (Wildman–Crippen MR) is 73.8 cm³/mol. The van der Waals surface area contributed by atoms with Crippen molar-refractivity contribution >= 4 is 11.6 Å². The maximum atomic E-state index is 11.9. The Balaban J connectivity index is 1.96. The van der Waals surface area contributed by atoms with Gasteiger partial charge in [-0.05, 0) is 12.8 Å². The van der Waals surface area contributed by atoms with Crippen molar-refractivity contribution in [2.24, 2.45) is 0 Å². The van der Waals surface area contributed by atoms with Gasteiger partial charge in [0.25, 0.3) is 0 Å². The molecule has 1 fully saturated rings. The highest BCUT2D eigenvalue weighted by Gasteiger charge is 2.29. The molecule has 5 nitrogen and oxygen atoms in total. The van der Waals surface area contributed by atoms with Crippen molar-refractivity contribution in [3.63, 3.8) is 0 Å². The molecule has 0 spiro atoms. The van der Waals surface area contributed by atoms with Crippen LogP contribution >= 0.6 is 0 Å². The Morgan fingerprint density at radius 1 is 1.26 bits per heavy atom. The fourth-order valence-corrected chi connectivity index (χ4v) is 1.88. The molecular weight excluding hydrogens is 244 g/mol. The first-order chi connectivity index (χ1) is 9.13. The number of amides is 1. The molecule has 104 valence electrons. The second kappa shape index (κ2) is 5.82. The number of hydrogen-bond donors (Lipinski definition) is 1. The van der Waals surface area contributed by atoms with Crippen LogP contribution in [0.1, 0.15) is 12.8 Å². The van der Waals surface area contributed by atoms with E-state index < -0.39 is 0 Å². The summed E-state index contributed by atoms with van der Waals surface area (Å²) in [5.41, 5.74) is 0.814. The van der Waals surface area contributed by atoms with Gasteiger partial charge in [-0.25, -0.2) is 0 Å². The summed E-state index contributed by atoms with van der Waals surface area (Å²) in [6.07, 6.45) is 2.24. The summed E-state index contributed by atoms with van der Waals surface area (Å²) in [7, 11) is 5.06. The maximum absolute atomic E-state index is 11.9. The van der Waals surface area contributed by atoms with E-state index in [1.807, 2.05) is 24.1 Å². The molecule has 0 radical (unpaired) electrons. The van der Waals surface area contributed by atoms with Crippen LogP contribution in [0.3, 0.4) is 0 Å². The third-order valence-corrected chi connectivity index (χ3v) is 3.28. The Labute approximate surface area is 113 Å². The molecule has 0 heterocycles. The van der Waals surface area contributed by atoms with Crippen LogP contribution in [0.15, 0.2) is 18.2 Å². The van der Waals surface area contributed by atoms with Gasteiger partial charge in [0.2, 0.25) is 5.91 Å². The first kappa shape index (κ1) is 13.5. The lowest BCUT2D eigenvalue weighted by molar-refractivity contribution is -0.128. The summed E-state index contributed by atoms with van der Waals surface area (Å²) in [6, 6.07) is 5.91. The van der Waals surface area contributed by atoms with Crippen molar-refractivity contribution < 1.29 is 14.3 Å². The molecule has 1 N–H and O–H groups in total. The van der Waals surface area contributed by atoms with Crippen LogP contribution in [0.5, 0.6) is 11.5 Å². The maximum Gasteiger partial charge on any atom is 0.241 e. The SMILES string of the molecule is COc1cc(NCC(=O)N(C)C2CC2)cc(OC)c1. The zero-order valence-electron chi connectivity index (χ0n) is 11.6. The smallest absolute Gasteiger partial charge is 0.241 e. The van der Waals surface area contributed by atoms with Crippen LogP contribution in [-0.4, -0.2) is 44.7 Å². The van der Waals surface area contributed by atoms with Crippen LogP contribution in [0, 0.1) is 0 Å². The van der Waals surface area contributed by atoms with Gasteiger partial charge < -0.3 is 19.7 Å². The van der Waals surface area contributed by atoms with E-state index in [4.69, 9.17) is 9.47 Å². The van der Waals surface area contributed by atoms with E-state index in [2.05, 4.69) is 5.32 Å². The minimum Gasteiger partial charge on any atom is -0.497 e. The summed E-state index contributed by atoms with van der Waals surface area (Å²) >= 11 is 0. The zero-order chi connectivity index (χ0) is 13.8. The molecule has 19 heavy (non-hydrogen) atoms. The Morgan fingerprint density at radius 2 is 1.84 bits per heavy atom. The van der Waals surface area contributed by atoms with Crippen molar-refractivity contribution in [3.05, 3.63) is 18.2 Å². The summed E-state index contributed by atoms with van der Waals surface area (Å²) in [4.78, 5) is 13.7. The molecule has 1 amide bonds. The van der Waals surface area contributed by atoms with Crippen molar-refractivity contribution in [1.82, 2.24) is 4.90 Å². The van der Waals surface area contributed by atoms with E-state index in [0.717, 1.165) is 18.5 Å². The Hall–Kier alpha value is -1.91. The second-order valence-corrected chi connectivity index (χ2v) is 4.69. The minimum atomic E-state index is 0.101. The quantitative estimate of drug-likeness (QED) is 0.850. The van der Waals surface area contributed by atoms with E-state index in [1.54, 1.807) is 20.3 Å². The number of anilines is 1. The lowest BCUT2D eigenvalue weighted by atomic mass is 10.2. The largest absolute Gasteiger partial charge is 0.497 e. The normalized spacial score (nSPS) is 13.8. The van der Waals surface area contributed by atoms with Gasteiger partial charge in [0.1, 0.15) is 11.5 Å². The van der Waals surface area contributed by atoms with Gasteiger partial charge in [0.15, 0.2) is 0 Å². The molecule has 1 aliphatic rings. The summed E-state index contributed by atoms with van der Waals surface area (Å²) in [6.45, 7) is 0.281. The molecule has 1 saturated carbocycles. The molecule has 0 saturated heterocycles. The summed E-state index contributed by atoms with van der Waals surface area (Å²) in [5.74, 6) is 1.50. The number of methoxy groups -OCH3 is 2. The molecule has 0 aromatic heterocycles. The average Bonchev–Trinajstić information content (AvgIpc) is 3.27. The van der Waals surface area contributed by atoms with E-state index in [-0.39, 0.29) is 12.5 Å². The van der Waals surface area contributed by atoms with Gasteiger partial charge in [0.05, 0.1) is 20.8 Å². The van der Waals surface area contributed by atoms with Crippen LogP contribution in [0.2, 0.25) is 0 Å². The minimum absolute atomic E-state index is 0.101. The van der Waals surface area contributed by atoms with Crippen molar-refractivity contribution in [2.75, 3.05) is 33.1 Å². The van der Waals surface area contributed by atoms with Crippen molar-refractivity contribution in [1.29, 1.82) is 0 Å². The standard InChI is InChI=1S/C14H20N2O3/c1-16(11-4-5-11)14(17)9-15-10-6-12(18-2)8-13(7-10)19-3/h6-8,11,15H,4-5,9H2,1-3H3. The van der Waals surface area contributed by atoms with Gasteiger partial charge in [-0.3, -0.25) is 4.79 Å².